The minimum absolute atomic E-state index is 0.211. The van der Waals surface area contributed by atoms with Gasteiger partial charge in [0, 0.05) is 18.0 Å². The number of aliphatic hydroxyl groups is 2. The van der Waals surface area contributed by atoms with E-state index in [4.69, 9.17) is 23.7 Å². The number of carbonyl (C=O) groups excluding carboxylic acids is 3. The molecular weight excluding hydrogens is 791 g/mol. The Balaban J connectivity index is 1.04. The van der Waals surface area contributed by atoms with Crippen molar-refractivity contribution in [3.8, 4) is 22.3 Å². The molecule has 5 aromatic rings. The lowest BCUT2D eigenvalue weighted by atomic mass is 9.98. The first-order valence-electron chi connectivity index (χ1n) is 19.4. The topological polar surface area (TPSA) is 193 Å². The molecule has 310 valence electrons. The van der Waals surface area contributed by atoms with Gasteiger partial charge in [-0.1, -0.05) is 97.1 Å². The van der Waals surface area contributed by atoms with Crippen LogP contribution in [0.4, 0.5) is 9.59 Å². The summed E-state index contributed by atoms with van der Waals surface area (Å²) in [5.41, 5.74) is 4.59. The number of aliphatic hydroxyl groups excluding tert-OH is 2. The number of H-pyrrole nitrogens is 1. The maximum Gasteiger partial charge on any atom is 0.516 e. The molecule has 5 atom stereocenters. The van der Waals surface area contributed by atoms with E-state index in [0.29, 0.717) is 12.6 Å². The number of ether oxygens (including phenoxy) is 5. The zero-order valence-corrected chi connectivity index (χ0v) is 33.7. The molecule has 0 amide bonds. The fourth-order valence-electron chi connectivity index (χ4n) is 8.27. The second-order valence-electron chi connectivity index (χ2n) is 15.7. The van der Waals surface area contributed by atoms with Crippen LogP contribution in [0.5, 0.6) is 0 Å². The first-order chi connectivity index (χ1) is 28.8. The molecule has 2 heterocycles. The van der Waals surface area contributed by atoms with Crippen molar-refractivity contribution < 1.29 is 48.3 Å². The molecule has 1 aliphatic heterocycles. The standard InChI is InChI=1S/C45H43N2O12P/c1-60(2,3)21-20-36-37(48)38(49)41(57-36)47-22-33(40(50)46-43(47)52)39(58-44(53)55-23-34-29-16-8-4-12-25(29)26-13-5-9-17-30(26)34)42(51)59-45(54)56-24-35-31-18-10-6-14-27(31)28-15-7-11-19-32(28)35/h4-19,22,34-39,41,48-49H,1,20-21,23-24H2,2-3H3,(H,46,50,52)/t36-,37-,38-,39?,41-/m1/s1. The number of aromatic amines is 1. The first-order valence-corrected chi connectivity index (χ1v) is 22.5. The Morgan fingerprint density at radius 2 is 1.22 bits per heavy atom. The third kappa shape index (κ3) is 7.99. The van der Waals surface area contributed by atoms with Crippen LogP contribution in [-0.4, -0.2) is 95.4 Å². The van der Waals surface area contributed by atoms with Gasteiger partial charge in [-0.25, -0.2) is 19.2 Å². The zero-order valence-electron chi connectivity index (χ0n) is 32.8. The van der Waals surface area contributed by atoms with E-state index < -0.39 is 78.5 Å². The third-order valence-corrected chi connectivity index (χ3v) is 12.6. The highest BCUT2D eigenvalue weighted by Crippen LogP contribution is 2.46. The van der Waals surface area contributed by atoms with Crippen molar-refractivity contribution >= 4 is 31.5 Å². The van der Waals surface area contributed by atoms with Crippen molar-refractivity contribution in [1.29, 1.82) is 0 Å². The SMILES string of the molecule is C=P(C)(C)CC[C@H]1O[C@@H](n2cc(C(OC(=O)OCC3c4ccccc4-c4ccccc43)C(=O)OC(=O)OCC3c4ccccc4-c4ccccc43)c(=O)[nH]c2=O)[C@H](O)[C@@H]1O. The summed E-state index contributed by atoms with van der Waals surface area (Å²) in [5.74, 6) is -2.31. The van der Waals surface area contributed by atoms with E-state index in [9.17, 15) is 34.2 Å². The van der Waals surface area contributed by atoms with Gasteiger partial charge >= 0.3 is 24.0 Å². The number of nitrogens with one attached hydrogen (secondary N) is 1. The largest absolute Gasteiger partial charge is 0.516 e. The molecule has 2 aliphatic carbocycles. The van der Waals surface area contributed by atoms with Crippen molar-refractivity contribution in [2.24, 2.45) is 0 Å². The molecular formula is C45H43N2O12P. The summed E-state index contributed by atoms with van der Waals surface area (Å²) in [6, 6.07) is 30.5. The van der Waals surface area contributed by atoms with Gasteiger partial charge in [0.2, 0.25) is 6.10 Å². The lowest BCUT2D eigenvalue weighted by Crippen LogP contribution is -2.40. The molecule has 3 N–H and O–H groups in total. The lowest BCUT2D eigenvalue weighted by Gasteiger charge is -2.21. The second kappa shape index (κ2) is 16.5. The molecule has 60 heavy (non-hydrogen) atoms. The normalized spacial score (nSPS) is 19.7. The molecule has 3 aliphatic rings. The molecule has 1 unspecified atom stereocenters. The number of benzene rings is 4. The van der Waals surface area contributed by atoms with E-state index in [1.54, 1.807) is 0 Å². The van der Waals surface area contributed by atoms with Gasteiger partial charge in [-0.05, 0) is 70.4 Å². The maximum absolute atomic E-state index is 13.9. The molecule has 1 saturated heterocycles. The highest BCUT2D eigenvalue weighted by molar-refractivity contribution is 7.72. The molecule has 15 heteroatoms. The van der Waals surface area contributed by atoms with Crippen LogP contribution in [0.2, 0.25) is 0 Å². The van der Waals surface area contributed by atoms with Crippen molar-refractivity contribution in [1.82, 2.24) is 9.55 Å². The number of aromatic nitrogens is 2. The van der Waals surface area contributed by atoms with Gasteiger partial charge in [0.1, 0.15) is 25.4 Å². The van der Waals surface area contributed by atoms with Gasteiger partial charge in [-0.2, -0.15) is 0 Å². The molecule has 0 bridgehead atoms. The maximum atomic E-state index is 13.9. The molecule has 0 spiro atoms. The van der Waals surface area contributed by atoms with Crippen molar-refractivity contribution in [2.75, 3.05) is 32.7 Å². The van der Waals surface area contributed by atoms with Crippen LogP contribution < -0.4 is 11.2 Å². The summed E-state index contributed by atoms with van der Waals surface area (Å²) in [6.07, 6.45) is -4.62. The van der Waals surface area contributed by atoms with Crippen LogP contribution >= 0.6 is 6.89 Å². The van der Waals surface area contributed by atoms with Gasteiger partial charge in [0.25, 0.3) is 5.56 Å². The Morgan fingerprint density at radius 1 is 0.750 bits per heavy atom. The third-order valence-electron chi connectivity index (χ3n) is 11.2. The Hall–Kier alpha value is -6.05. The minimum atomic E-state index is -2.28. The van der Waals surface area contributed by atoms with Crippen molar-refractivity contribution in [3.63, 3.8) is 0 Å². The summed E-state index contributed by atoms with van der Waals surface area (Å²) in [6.45, 7) is 2.02. The Kier molecular flexibility index (Phi) is 11.2. The molecule has 1 fully saturated rings. The number of carbonyl (C=O) groups is 3. The number of nitrogens with zero attached hydrogens (tertiary/aromatic N) is 1. The fourth-order valence-corrected chi connectivity index (χ4v) is 9.22. The van der Waals surface area contributed by atoms with E-state index in [2.05, 4.69) is 11.3 Å². The van der Waals surface area contributed by atoms with Crippen LogP contribution in [0.25, 0.3) is 22.3 Å². The van der Waals surface area contributed by atoms with E-state index in [1.165, 1.54) is 0 Å². The smallest absolute Gasteiger partial charge is 0.433 e. The van der Waals surface area contributed by atoms with Gasteiger partial charge in [0.15, 0.2) is 6.23 Å². The van der Waals surface area contributed by atoms with E-state index in [-0.39, 0.29) is 19.1 Å². The number of fused-ring (bicyclic) bond motifs is 6. The zero-order chi connectivity index (χ0) is 42.3. The second-order valence-corrected chi connectivity index (χ2v) is 20.1. The van der Waals surface area contributed by atoms with Crippen LogP contribution in [-0.2, 0) is 28.5 Å². The molecule has 0 radical (unpaired) electrons. The van der Waals surface area contributed by atoms with E-state index >= 15 is 0 Å². The number of esters is 1. The van der Waals surface area contributed by atoms with Gasteiger partial charge < -0.3 is 33.9 Å². The fraction of sp³-hybridized carbons (Fsp3) is 0.289. The summed E-state index contributed by atoms with van der Waals surface area (Å²) >= 11 is 0. The summed E-state index contributed by atoms with van der Waals surface area (Å²) in [4.78, 5) is 69.2. The van der Waals surface area contributed by atoms with Crippen molar-refractivity contribution in [2.45, 2.75) is 48.9 Å². The number of rotatable bonds is 11. The summed E-state index contributed by atoms with van der Waals surface area (Å²) in [7, 11) is 0. The minimum Gasteiger partial charge on any atom is -0.433 e. The average Bonchev–Trinajstić information content (AvgIpc) is 3.83. The summed E-state index contributed by atoms with van der Waals surface area (Å²) < 4.78 is 28.2. The van der Waals surface area contributed by atoms with Crippen LogP contribution in [0.3, 0.4) is 0 Å². The van der Waals surface area contributed by atoms with Crippen LogP contribution in [0.1, 0.15) is 58.4 Å². The molecule has 8 rings (SSSR count). The number of hydrogen-bond acceptors (Lipinski definition) is 12. The lowest BCUT2D eigenvalue weighted by molar-refractivity contribution is -0.151. The first kappa shape index (κ1) is 40.7. The molecule has 4 aromatic carbocycles. The monoisotopic (exact) mass is 834 g/mol. The highest BCUT2D eigenvalue weighted by atomic mass is 31.2. The van der Waals surface area contributed by atoms with Crippen molar-refractivity contribution in [3.05, 3.63) is 152 Å². The van der Waals surface area contributed by atoms with E-state index in [0.717, 1.165) is 55.3 Å². The Labute approximate surface area is 344 Å². The summed E-state index contributed by atoms with van der Waals surface area (Å²) in [5, 5.41) is 21.8. The van der Waals surface area contributed by atoms with Crippen LogP contribution in [0, 0.1) is 0 Å². The van der Waals surface area contributed by atoms with Gasteiger partial charge in [-0.3, -0.25) is 14.3 Å². The quantitative estimate of drug-likeness (QED) is 0.0830. The van der Waals surface area contributed by atoms with E-state index in [1.807, 2.05) is 110 Å². The average molecular weight is 835 g/mol. The molecule has 1 aromatic heterocycles. The predicted molar refractivity (Wildman–Crippen MR) is 223 cm³/mol. The molecule has 0 saturated carbocycles. The highest BCUT2D eigenvalue weighted by Gasteiger charge is 2.45. The van der Waals surface area contributed by atoms with Gasteiger partial charge in [-0.15, -0.1) is 13.2 Å². The predicted octanol–water partition coefficient (Wildman–Crippen LogP) is 5.75. The number of hydrogen-bond donors (Lipinski definition) is 3. The van der Waals surface area contributed by atoms with Gasteiger partial charge in [0.05, 0.1) is 11.7 Å². The molecule has 14 nitrogen and oxygen atoms in total. The Morgan fingerprint density at radius 3 is 1.70 bits per heavy atom. The van der Waals surface area contributed by atoms with Crippen LogP contribution in [0.15, 0.2) is 113 Å². The Bertz CT molecular complexity index is 2560.